The molecule has 21 heavy (non-hydrogen) atoms. The molecule has 2 aromatic rings. The molecule has 1 amide bonds. The molecule has 0 atom stereocenters. The van der Waals surface area contributed by atoms with E-state index < -0.39 is 0 Å². The van der Waals surface area contributed by atoms with Crippen molar-refractivity contribution >= 4 is 44.7 Å². The van der Waals surface area contributed by atoms with E-state index in [4.69, 9.17) is 18.0 Å². The largest absolute Gasteiger partial charge is 0.389 e. The Morgan fingerprint density at radius 3 is 2.57 bits per heavy atom. The Bertz CT molecular complexity index is 715. The Hall–Kier alpha value is -1.72. The second-order valence-corrected chi connectivity index (χ2v) is 5.99. The number of hydrogen-bond donors (Lipinski definition) is 1. The van der Waals surface area contributed by atoms with Crippen molar-refractivity contribution in [1.29, 1.82) is 0 Å². The summed E-state index contributed by atoms with van der Waals surface area (Å²) in [6.07, 6.45) is 0. The van der Waals surface area contributed by atoms with E-state index in [2.05, 4.69) is 15.9 Å². The van der Waals surface area contributed by atoms with Gasteiger partial charge >= 0.3 is 0 Å². The van der Waals surface area contributed by atoms with Crippen LogP contribution in [0.2, 0.25) is 0 Å². The summed E-state index contributed by atoms with van der Waals surface area (Å²) < 4.78 is 0.915. The molecule has 5 heteroatoms. The van der Waals surface area contributed by atoms with Gasteiger partial charge in [0.05, 0.1) is 0 Å². The first-order chi connectivity index (χ1) is 9.91. The number of anilines is 1. The number of rotatable bonds is 3. The number of carbonyl (C=O) groups excluding carboxylic acids is 1. The fraction of sp³-hybridized carbons (Fsp3) is 0.125. The monoisotopic (exact) mass is 362 g/mol. The molecule has 0 aliphatic carbocycles. The average Bonchev–Trinajstić information content (AvgIpc) is 2.48. The van der Waals surface area contributed by atoms with Crippen LogP contribution in [0.25, 0.3) is 0 Å². The zero-order chi connectivity index (χ0) is 15.6. The van der Waals surface area contributed by atoms with Crippen LogP contribution in [0.1, 0.15) is 21.5 Å². The van der Waals surface area contributed by atoms with Crippen molar-refractivity contribution in [3.05, 3.63) is 63.6 Å². The lowest BCUT2D eigenvalue weighted by molar-refractivity contribution is 0.0992. The van der Waals surface area contributed by atoms with E-state index in [-0.39, 0.29) is 5.91 Å². The predicted molar refractivity (Wildman–Crippen MR) is 93.9 cm³/mol. The number of nitrogens with zero attached hydrogens (tertiary/aromatic N) is 1. The lowest BCUT2D eigenvalue weighted by Crippen LogP contribution is -2.27. The average molecular weight is 363 g/mol. The van der Waals surface area contributed by atoms with Gasteiger partial charge in [0.25, 0.3) is 5.91 Å². The third-order valence-corrected chi connectivity index (χ3v) is 4.42. The summed E-state index contributed by atoms with van der Waals surface area (Å²) >= 11 is 8.42. The second kappa shape index (κ2) is 6.37. The van der Waals surface area contributed by atoms with Crippen LogP contribution in [-0.2, 0) is 0 Å². The van der Waals surface area contributed by atoms with Crippen molar-refractivity contribution in [2.45, 2.75) is 6.92 Å². The van der Waals surface area contributed by atoms with Crippen LogP contribution in [0.5, 0.6) is 0 Å². The van der Waals surface area contributed by atoms with E-state index in [0.717, 1.165) is 21.3 Å². The first-order valence-corrected chi connectivity index (χ1v) is 7.55. The number of nitrogens with two attached hydrogens (primary N) is 1. The highest BCUT2D eigenvalue weighted by Crippen LogP contribution is 2.23. The van der Waals surface area contributed by atoms with Crippen LogP contribution in [0, 0.1) is 6.92 Å². The lowest BCUT2D eigenvalue weighted by atomic mass is 10.1. The molecule has 0 aromatic heterocycles. The molecule has 0 saturated carbocycles. The van der Waals surface area contributed by atoms with Crippen molar-refractivity contribution in [1.82, 2.24) is 0 Å². The Morgan fingerprint density at radius 2 is 1.90 bits per heavy atom. The fourth-order valence-electron chi connectivity index (χ4n) is 2.00. The number of halogens is 1. The van der Waals surface area contributed by atoms with E-state index in [9.17, 15) is 4.79 Å². The number of benzene rings is 2. The summed E-state index contributed by atoms with van der Waals surface area (Å²) in [5.41, 5.74) is 8.71. The molecule has 0 spiro atoms. The summed E-state index contributed by atoms with van der Waals surface area (Å²) in [5.74, 6) is -0.0751. The molecule has 2 N–H and O–H groups in total. The minimum absolute atomic E-state index is 0.0751. The normalized spacial score (nSPS) is 10.2. The number of hydrogen-bond acceptors (Lipinski definition) is 2. The van der Waals surface area contributed by atoms with Crippen molar-refractivity contribution in [3.8, 4) is 0 Å². The summed E-state index contributed by atoms with van der Waals surface area (Å²) in [4.78, 5) is 14.6. The van der Waals surface area contributed by atoms with Gasteiger partial charge in [-0.05, 0) is 36.8 Å². The maximum absolute atomic E-state index is 12.6. The van der Waals surface area contributed by atoms with Crippen LogP contribution in [0.15, 0.2) is 46.9 Å². The van der Waals surface area contributed by atoms with Gasteiger partial charge in [0.1, 0.15) is 4.99 Å². The molecule has 0 heterocycles. The van der Waals surface area contributed by atoms with E-state index >= 15 is 0 Å². The van der Waals surface area contributed by atoms with Crippen LogP contribution in [0.4, 0.5) is 5.69 Å². The third kappa shape index (κ3) is 3.31. The Morgan fingerprint density at radius 1 is 1.24 bits per heavy atom. The zero-order valence-electron chi connectivity index (χ0n) is 11.8. The molecule has 0 radical (unpaired) electrons. The first kappa shape index (κ1) is 15.7. The maximum atomic E-state index is 12.6. The molecule has 3 nitrogen and oxygen atoms in total. The second-order valence-electron chi connectivity index (χ2n) is 4.69. The molecular formula is C16H15BrN2OS. The van der Waals surface area contributed by atoms with Gasteiger partial charge < -0.3 is 10.6 Å². The van der Waals surface area contributed by atoms with Crippen LogP contribution in [-0.4, -0.2) is 17.9 Å². The van der Waals surface area contributed by atoms with Crippen LogP contribution < -0.4 is 10.6 Å². The summed E-state index contributed by atoms with van der Waals surface area (Å²) in [6.45, 7) is 1.91. The van der Waals surface area contributed by atoms with Gasteiger partial charge in [-0.3, -0.25) is 4.79 Å². The van der Waals surface area contributed by atoms with Gasteiger partial charge in [-0.1, -0.05) is 46.3 Å². The lowest BCUT2D eigenvalue weighted by Gasteiger charge is -2.19. The molecule has 2 rings (SSSR count). The van der Waals surface area contributed by atoms with Gasteiger partial charge in [-0.2, -0.15) is 0 Å². The molecule has 0 saturated heterocycles. The predicted octanol–water partition coefficient (Wildman–Crippen LogP) is 3.67. The smallest absolute Gasteiger partial charge is 0.258 e. The summed E-state index contributed by atoms with van der Waals surface area (Å²) in [7, 11) is 1.74. The van der Waals surface area contributed by atoms with Crippen LogP contribution in [0.3, 0.4) is 0 Å². The minimum Gasteiger partial charge on any atom is -0.389 e. The highest BCUT2D eigenvalue weighted by atomic mass is 79.9. The minimum atomic E-state index is -0.0751. The van der Waals surface area contributed by atoms with Gasteiger partial charge in [-0.25, -0.2) is 0 Å². The van der Waals surface area contributed by atoms with Gasteiger partial charge in [-0.15, -0.1) is 0 Å². The van der Waals surface area contributed by atoms with E-state index in [1.165, 1.54) is 0 Å². The molecule has 0 unspecified atom stereocenters. The van der Waals surface area contributed by atoms with Crippen molar-refractivity contribution in [3.63, 3.8) is 0 Å². The molecule has 0 aliphatic rings. The zero-order valence-corrected chi connectivity index (χ0v) is 14.2. The summed E-state index contributed by atoms with van der Waals surface area (Å²) in [6, 6.07) is 12.9. The molecule has 0 aliphatic heterocycles. The van der Waals surface area contributed by atoms with E-state index in [0.29, 0.717) is 10.6 Å². The fourth-order valence-corrected chi connectivity index (χ4v) is 2.50. The van der Waals surface area contributed by atoms with Crippen molar-refractivity contribution in [2.75, 3.05) is 11.9 Å². The molecule has 0 bridgehead atoms. The number of thiocarbonyl (C=S) groups is 1. The van der Waals surface area contributed by atoms with E-state index in [1.54, 1.807) is 11.9 Å². The van der Waals surface area contributed by atoms with Gasteiger partial charge in [0.15, 0.2) is 0 Å². The topological polar surface area (TPSA) is 46.3 Å². The molecule has 2 aromatic carbocycles. The Balaban J connectivity index is 2.37. The quantitative estimate of drug-likeness (QED) is 0.847. The van der Waals surface area contributed by atoms with Crippen molar-refractivity contribution in [2.24, 2.45) is 5.73 Å². The Labute approximate surface area is 137 Å². The molecule has 0 fully saturated rings. The Kier molecular flexibility index (Phi) is 4.75. The third-order valence-electron chi connectivity index (χ3n) is 3.32. The van der Waals surface area contributed by atoms with Gasteiger partial charge in [0.2, 0.25) is 0 Å². The molecular weight excluding hydrogens is 348 g/mol. The SMILES string of the molecule is Cc1c(Br)cccc1C(=O)N(C)c1cccc(C(N)=S)c1. The maximum Gasteiger partial charge on any atom is 0.258 e. The van der Waals surface area contributed by atoms with Gasteiger partial charge in [0, 0.05) is 28.3 Å². The molecule has 108 valence electrons. The summed E-state index contributed by atoms with van der Waals surface area (Å²) in [5, 5.41) is 0. The van der Waals surface area contributed by atoms with E-state index in [1.807, 2.05) is 49.4 Å². The number of amides is 1. The number of carbonyl (C=O) groups is 1. The van der Waals surface area contributed by atoms with Crippen LogP contribution >= 0.6 is 28.1 Å². The highest BCUT2D eigenvalue weighted by molar-refractivity contribution is 9.10. The standard InChI is InChI=1S/C16H15BrN2OS/c1-10-13(7-4-8-14(10)17)16(20)19(2)12-6-3-5-11(9-12)15(18)21/h3-9H,1-2H3,(H2,18,21). The van der Waals surface area contributed by atoms with Crippen molar-refractivity contribution < 1.29 is 4.79 Å². The first-order valence-electron chi connectivity index (χ1n) is 6.35. The highest BCUT2D eigenvalue weighted by Gasteiger charge is 2.17.